The summed E-state index contributed by atoms with van der Waals surface area (Å²) in [4.78, 5) is 25.0. The van der Waals surface area contributed by atoms with Crippen LogP contribution in [0.15, 0.2) is 72.9 Å². The molecule has 59 heavy (non-hydrogen) atoms. The number of ether oxygens (including phenoxy) is 2. The highest BCUT2D eigenvalue weighted by Gasteiger charge is 2.20. The molecule has 0 amide bonds. The van der Waals surface area contributed by atoms with E-state index in [2.05, 4.69) is 6.92 Å². The van der Waals surface area contributed by atoms with E-state index in [1.54, 1.807) is 19.1 Å². The molecule has 10 nitrogen and oxygen atoms in total. The lowest BCUT2D eigenvalue weighted by molar-refractivity contribution is -0.870. The van der Waals surface area contributed by atoms with E-state index < -0.39 is 32.1 Å². The van der Waals surface area contributed by atoms with Crippen LogP contribution in [0.5, 0.6) is 0 Å². The summed E-state index contributed by atoms with van der Waals surface area (Å²) in [6.45, 7) is 4.67. The molecule has 342 valence electrons. The van der Waals surface area contributed by atoms with Gasteiger partial charge in [0.1, 0.15) is 19.3 Å². The van der Waals surface area contributed by atoms with Gasteiger partial charge in [-0.2, -0.15) is 0 Å². The van der Waals surface area contributed by atoms with Crippen molar-refractivity contribution in [2.75, 3.05) is 54.1 Å². The Balaban J connectivity index is 4.42. The smallest absolute Gasteiger partial charge is 0.306 e. The molecular formula is C48H86NO9P. The highest BCUT2D eigenvalue weighted by molar-refractivity contribution is 7.45. The topological polar surface area (TPSA) is 135 Å². The maximum absolute atomic E-state index is 12.7. The first-order valence-corrected chi connectivity index (χ1v) is 24.3. The number of allylic oxidation sites excluding steroid dienone is 9. The molecule has 0 rings (SSSR count). The Morgan fingerprint density at radius 2 is 1.20 bits per heavy atom. The summed E-state index contributed by atoms with van der Waals surface area (Å²) >= 11 is 0. The highest BCUT2D eigenvalue weighted by Crippen LogP contribution is 2.38. The molecule has 0 aromatic rings. The summed E-state index contributed by atoms with van der Waals surface area (Å²) in [5, 5.41) is 19.2. The van der Waals surface area contributed by atoms with Crippen LogP contribution in [0, 0.1) is 0 Å². The second-order valence-electron chi connectivity index (χ2n) is 16.5. The van der Waals surface area contributed by atoms with Gasteiger partial charge >= 0.3 is 5.97 Å². The lowest BCUT2D eigenvalue weighted by atomic mass is 10.0. The molecule has 0 radical (unpaired) electrons. The van der Waals surface area contributed by atoms with E-state index in [1.165, 1.54) is 89.9 Å². The van der Waals surface area contributed by atoms with Gasteiger partial charge in [0.2, 0.25) is 0 Å². The van der Waals surface area contributed by atoms with Crippen molar-refractivity contribution < 1.29 is 47.5 Å². The number of rotatable bonds is 41. The van der Waals surface area contributed by atoms with Crippen LogP contribution in [-0.4, -0.2) is 93.1 Å². The molecule has 0 saturated carbocycles. The van der Waals surface area contributed by atoms with E-state index in [0.717, 1.165) is 32.1 Å². The molecule has 0 fully saturated rings. The zero-order valence-corrected chi connectivity index (χ0v) is 38.8. The number of aliphatic hydroxyl groups is 2. The van der Waals surface area contributed by atoms with E-state index in [4.69, 9.17) is 18.5 Å². The lowest BCUT2D eigenvalue weighted by Crippen LogP contribution is -2.37. The number of esters is 1. The van der Waals surface area contributed by atoms with Gasteiger partial charge in [0.25, 0.3) is 7.82 Å². The van der Waals surface area contributed by atoms with Crippen molar-refractivity contribution in [1.29, 1.82) is 0 Å². The quantitative estimate of drug-likeness (QED) is 0.0154. The van der Waals surface area contributed by atoms with Crippen molar-refractivity contribution in [2.24, 2.45) is 0 Å². The van der Waals surface area contributed by atoms with E-state index >= 15 is 0 Å². The molecule has 4 unspecified atom stereocenters. The Labute approximate surface area is 360 Å². The van der Waals surface area contributed by atoms with Crippen LogP contribution in [0.4, 0.5) is 0 Å². The summed E-state index contributed by atoms with van der Waals surface area (Å²) in [6, 6.07) is 0. The number of likely N-dealkylation sites (N-methyl/N-ethyl adjacent to an activating group) is 1. The molecule has 0 spiro atoms. The standard InChI is InChI=1S/C48H86NO9P/c1-6-7-8-9-10-11-12-13-14-15-16-19-22-25-30-35-41-55-43-47(44-57-59(53,54)56-42-40-49(3,4)5)58-48(52)39-34-27-24-21-18-17-20-23-26-32-37-46(51)38-33-29-28-31-36-45(2)50/h17-18,23-24,26-27,29,31-33,36-37,45-47,50-51H,6-16,19-22,25,28,30,34-35,38-44H2,1-5H3/b18-17+,26-23+,27-24+,33-29+,36-31-,37-32-. The Kier molecular flexibility index (Phi) is 38.5. The van der Waals surface area contributed by atoms with Gasteiger partial charge in [0.15, 0.2) is 0 Å². The molecule has 0 saturated heterocycles. The summed E-state index contributed by atoms with van der Waals surface area (Å²) < 4.78 is 34.5. The van der Waals surface area contributed by atoms with Crippen molar-refractivity contribution in [3.8, 4) is 0 Å². The fraction of sp³-hybridized carbons (Fsp3) is 0.729. The van der Waals surface area contributed by atoms with Crippen LogP contribution in [0.25, 0.3) is 0 Å². The number of carbonyl (C=O) groups excluding carboxylic acids is 1. The molecule has 0 aliphatic heterocycles. The number of hydrogen-bond acceptors (Lipinski definition) is 9. The second kappa shape index (κ2) is 40.0. The number of carbonyl (C=O) groups is 1. The number of hydrogen-bond donors (Lipinski definition) is 2. The molecule has 0 bridgehead atoms. The van der Waals surface area contributed by atoms with Gasteiger partial charge in [0.05, 0.1) is 46.6 Å². The molecule has 2 N–H and O–H groups in total. The second-order valence-corrected chi connectivity index (χ2v) is 17.9. The monoisotopic (exact) mass is 852 g/mol. The third kappa shape index (κ3) is 45.2. The van der Waals surface area contributed by atoms with Gasteiger partial charge < -0.3 is 38.1 Å². The molecular weight excluding hydrogens is 765 g/mol. The fourth-order valence-electron chi connectivity index (χ4n) is 5.85. The van der Waals surface area contributed by atoms with Crippen LogP contribution in [0.2, 0.25) is 0 Å². The first-order chi connectivity index (χ1) is 28.3. The van der Waals surface area contributed by atoms with Crippen molar-refractivity contribution in [2.45, 2.75) is 173 Å². The van der Waals surface area contributed by atoms with Gasteiger partial charge in [-0.15, -0.1) is 0 Å². The van der Waals surface area contributed by atoms with Gasteiger partial charge in [-0.3, -0.25) is 9.36 Å². The summed E-state index contributed by atoms with van der Waals surface area (Å²) in [5.74, 6) is -0.444. The minimum absolute atomic E-state index is 0.00395. The van der Waals surface area contributed by atoms with Crippen LogP contribution in [0.1, 0.15) is 155 Å². The Morgan fingerprint density at radius 1 is 0.661 bits per heavy atom. The van der Waals surface area contributed by atoms with Crippen molar-refractivity contribution in [3.05, 3.63) is 72.9 Å². The first-order valence-electron chi connectivity index (χ1n) is 22.8. The molecule has 11 heteroatoms. The van der Waals surface area contributed by atoms with Gasteiger partial charge in [-0.1, -0.05) is 176 Å². The predicted octanol–water partition coefficient (Wildman–Crippen LogP) is 10.8. The molecule has 4 atom stereocenters. The Bertz CT molecular complexity index is 1210. The minimum atomic E-state index is -4.57. The number of aliphatic hydroxyl groups excluding tert-OH is 2. The van der Waals surface area contributed by atoms with Gasteiger partial charge in [0, 0.05) is 13.0 Å². The van der Waals surface area contributed by atoms with E-state index in [-0.39, 0.29) is 26.2 Å². The summed E-state index contributed by atoms with van der Waals surface area (Å²) in [6.07, 6.45) is 45.3. The zero-order valence-electron chi connectivity index (χ0n) is 37.9. The molecule has 0 aromatic carbocycles. The van der Waals surface area contributed by atoms with Crippen LogP contribution >= 0.6 is 7.82 Å². The highest BCUT2D eigenvalue weighted by atomic mass is 31.2. The lowest BCUT2D eigenvalue weighted by Gasteiger charge is -2.28. The van der Waals surface area contributed by atoms with Crippen molar-refractivity contribution >= 4 is 13.8 Å². The first kappa shape index (κ1) is 56.9. The average Bonchev–Trinajstić information content (AvgIpc) is 3.17. The zero-order chi connectivity index (χ0) is 43.7. The Morgan fingerprint density at radius 3 is 1.80 bits per heavy atom. The number of unbranched alkanes of at least 4 members (excludes halogenated alkanes) is 15. The molecule has 0 aliphatic carbocycles. The fourth-order valence-corrected chi connectivity index (χ4v) is 6.57. The van der Waals surface area contributed by atoms with Gasteiger partial charge in [-0.05, 0) is 45.4 Å². The van der Waals surface area contributed by atoms with Crippen LogP contribution in [0.3, 0.4) is 0 Å². The van der Waals surface area contributed by atoms with E-state index in [1.807, 2.05) is 81.9 Å². The number of phosphoric ester groups is 1. The maximum atomic E-state index is 12.7. The SMILES string of the molecule is CCCCCCCCCCCCCCCCCCOCC(COP(=O)([O-])OCC[N+](C)(C)C)OC(=O)CC/C=C/C/C=C/C/C=C/C=C\C(O)C/C=C/C/C=C\C(C)O. The normalized spacial score (nSPS) is 15.5. The van der Waals surface area contributed by atoms with Gasteiger partial charge in [-0.25, -0.2) is 0 Å². The molecule has 0 aromatic heterocycles. The number of phosphoric acid groups is 1. The van der Waals surface area contributed by atoms with E-state index in [0.29, 0.717) is 30.5 Å². The third-order valence-electron chi connectivity index (χ3n) is 9.38. The number of nitrogens with zero attached hydrogens (tertiary/aromatic N) is 1. The maximum Gasteiger partial charge on any atom is 0.306 e. The average molecular weight is 852 g/mol. The van der Waals surface area contributed by atoms with Crippen LogP contribution < -0.4 is 4.89 Å². The Hall–Kier alpha value is -2.14. The van der Waals surface area contributed by atoms with E-state index in [9.17, 15) is 24.5 Å². The predicted molar refractivity (Wildman–Crippen MR) is 243 cm³/mol. The van der Waals surface area contributed by atoms with Crippen molar-refractivity contribution in [1.82, 2.24) is 0 Å². The largest absolute Gasteiger partial charge is 0.756 e. The summed E-state index contributed by atoms with van der Waals surface area (Å²) in [7, 11) is 1.25. The van der Waals surface area contributed by atoms with Crippen molar-refractivity contribution in [3.63, 3.8) is 0 Å². The minimum Gasteiger partial charge on any atom is -0.756 e. The molecule has 0 heterocycles. The van der Waals surface area contributed by atoms with Crippen LogP contribution in [-0.2, 0) is 27.9 Å². The number of quaternary nitrogens is 1. The third-order valence-corrected chi connectivity index (χ3v) is 10.3. The summed E-state index contributed by atoms with van der Waals surface area (Å²) in [5.41, 5.74) is 0. The molecule has 0 aliphatic rings.